The van der Waals surface area contributed by atoms with Gasteiger partial charge in [0.05, 0.1) is 0 Å². The van der Waals surface area contributed by atoms with E-state index in [-0.39, 0.29) is 29.6 Å². The van der Waals surface area contributed by atoms with E-state index < -0.39 is 26.5 Å². The minimum atomic E-state index is -5.05. The first kappa shape index (κ1) is 14.3. The van der Waals surface area contributed by atoms with Gasteiger partial charge in [0.25, 0.3) is 10.1 Å². The van der Waals surface area contributed by atoms with Crippen LogP contribution in [0.1, 0.15) is 0 Å². The first-order chi connectivity index (χ1) is 4.21. The Labute approximate surface area is 85.7 Å². The summed E-state index contributed by atoms with van der Waals surface area (Å²) < 4.78 is 59.0. The fraction of sp³-hybridized carbons (Fsp3) is 1.00. The molecule has 0 bridgehead atoms. The summed E-state index contributed by atoms with van der Waals surface area (Å²) in [7, 11) is -9.61. The van der Waals surface area contributed by atoms with E-state index in [0.717, 1.165) is 0 Å². The van der Waals surface area contributed by atoms with Crippen molar-refractivity contribution < 1.29 is 59.7 Å². The molecule has 0 fully saturated rings. The first-order valence-corrected chi connectivity index (χ1v) is 4.70. The van der Waals surface area contributed by atoms with E-state index in [4.69, 9.17) is 4.55 Å². The number of hydrogen-bond acceptors (Lipinski definition) is 6. The van der Waals surface area contributed by atoms with Gasteiger partial charge in [-0.15, -0.1) is 0 Å². The largest absolute Gasteiger partial charge is 1.00 e. The molecule has 0 atom stereocenters. The van der Waals surface area contributed by atoms with Crippen molar-refractivity contribution in [2.75, 3.05) is 5.94 Å². The summed E-state index contributed by atoms with van der Waals surface area (Å²) in [6.07, 6.45) is 0. The molecule has 0 amide bonds. The van der Waals surface area contributed by atoms with Gasteiger partial charge in [-0.3, -0.25) is 8.74 Å². The number of hydrogen-bond donors (Lipinski definition) is 1. The third kappa shape index (κ3) is 13.7. The van der Waals surface area contributed by atoms with E-state index in [2.05, 4.69) is 4.18 Å². The molecule has 62 valence electrons. The average molecular weight is 214 g/mol. The monoisotopic (exact) mass is 214 g/mol. The van der Waals surface area contributed by atoms with Crippen molar-refractivity contribution >= 4 is 20.5 Å². The van der Waals surface area contributed by atoms with E-state index >= 15 is 0 Å². The van der Waals surface area contributed by atoms with E-state index in [0.29, 0.717) is 0 Å². The molecule has 0 aliphatic carbocycles. The molecule has 0 aliphatic heterocycles. The summed E-state index contributed by atoms with van der Waals surface area (Å²) in [4.78, 5) is 0. The van der Waals surface area contributed by atoms with Crippen LogP contribution in [0.15, 0.2) is 0 Å². The Morgan fingerprint density at radius 3 is 1.73 bits per heavy atom. The molecule has 0 radical (unpaired) electrons. The minimum absolute atomic E-state index is 0. The molecule has 0 saturated carbocycles. The van der Waals surface area contributed by atoms with Gasteiger partial charge in [0.1, 0.15) is 0 Å². The Morgan fingerprint density at radius 1 is 1.27 bits per heavy atom. The molecule has 0 unspecified atom stereocenters. The molecule has 7 nitrogen and oxygen atoms in total. The number of rotatable bonds is 3. The Balaban J connectivity index is 0. The zero-order valence-corrected chi connectivity index (χ0v) is 9.05. The third-order valence-corrected chi connectivity index (χ3v) is 1.31. The Hall–Kier alpha value is 0.780. The van der Waals surface area contributed by atoms with Gasteiger partial charge in [-0.2, -0.15) is 8.42 Å². The maximum Gasteiger partial charge on any atom is 1.00 e. The Morgan fingerprint density at radius 2 is 1.64 bits per heavy atom. The second kappa shape index (κ2) is 4.72. The second-order valence-electron chi connectivity index (χ2n) is 1.23. The predicted octanol–water partition coefficient (Wildman–Crippen LogP) is -4.69. The van der Waals surface area contributed by atoms with Crippen molar-refractivity contribution in [2.45, 2.75) is 0 Å². The van der Waals surface area contributed by atoms with Crippen LogP contribution < -0.4 is 29.6 Å². The van der Waals surface area contributed by atoms with Crippen LogP contribution in [0, 0.1) is 0 Å². The van der Waals surface area contributed by atoms with Gasteiger partial charge in [0.2, 0.25) is 10.4 Å². The van der Waals surface area contributed by atoms with E-state index in [1.54, 1.807) is 0 Å². The quantitative estimate of drug-likeness (QED) is 0.284. The molecule has 0 saturated heterocycles. The first-order valence-electron chi connectivity index (χ1n) is 1.76. The molecule has 1 N–H and O–H groups in total. The fourth-order valence-electron chi connectivity index (χ4n) is 0.120. The Kier molecular flexibility index (Phi) is 6.14. The van der Waals surface area contributed by atoms with Crippen LogP contribution in [0.4, 0.5) is 0 Å². The molecule has 10 heteroatoms. The summed E-state index contributed by atoms with van der Waals surface area (Å²) in [5.74, 6) is -1.54. The van der Waals surface area contributed by atoms with Gasteiger partial charge >= 0.3 is 29.6 Å². The third-order valence-electron chi connectivity index (χ3n) is 0.341. The standard InChI is InChI=1S/CH4O7S2.Na/c2-9(3,4)1-8-10(5,6)7;/h1H2,(H,2,3,4)(H,5,6,7);/q;+1/p-1. The molecule has 0 aromatic heterocycles. The van der Waals surface area contributed by atoms with Crippen LogP contribution in [-0.2, 0) is 24.7 Å². The molecular weight excluding hydrogens is 211 g/mol. The SMILES string of the molecule is O=S(=O)(O)COS(=O)(=O)[O-].[Na+]. The van der Waals surface area contributed by atoms with Crippen molar-refractivity contribution in [3.05, 3.63) is 0 Å². The molecular formula is CH3NaO7S2. The van der Waals surface area contributed by atoms with E-state index in [1.807, 2.05) is 0 Å². The minimum Gasteiger partial charge on any atom is -0.725 e. The van der Waals surface area contributed by atoms with Gasteiger partial charge in [0.15, 0.2) is 5.94 Å². The Bertz CT molecular complexity index is 252. The topological polar surface area (TPSA) is 121 Å². The normalized spacial score (nSPS) is 12.2. The maximum atomic E-state index is 9.71. The average Bonchev–Trinajstić information content (AvgIpc) is 1.57. The predicted molar refractivity (Wildman–Crippen MR) is 27.2 cm³/mol. The van der Waals surface area contributed by atoms with Crippen LogP contribution in [0.2, 0.25) is 0 Å². The van der Waals surface area contributed by atoms with Gasteiger partial charge in [-0.25, -0.2) is 8.42 Å². The smallest absolute Gasteiger partial charge is 0.725 e. The van der Waals surface area contributed by atoms with E-state index in [1.165, 1.54) is 0 Å². The van der Waals surface area contributed by atoms with Gasteiger partial charge < -0.3 is 4.55 Å². The van der Waals surface area contributed by atoms with Crippen molar-refractivity contribution in [3.8, 4) is 0 Å². The molecule has 0 aromatic carbocycles. The second-order valence-corrected chi connectivity index (χ2v) is 3.68. The van der Waals surface area contributed by atoms with Gasteiger partial charge in [0, 0.05) is 0 Å². The molecule has 0 rings (SSSR count). The van der Waals surface area contributed by atoms with Gasteiger partial charge in [-0.05, 0) is 0 Å². The van der Waals surface area contributed by atoms with Crippen LogP contribution in [-0.4, -0.2) is 31.9 Å². The zero-order valence-electron chi connectivity index (χ0n) is 5.42. The zero-order chi connectivity index (χ0) is 8.41. The summed E-state index contributed by atoms with van der Waals surface area (Å²) in [6.45, 7) is 0. The van der Waals surface area contributed by atoms with E-state index in [9.17, 15) is 21.4 Å². The van der Waals surface area contributed by atoms with Crippen molar-refractivity contribution in [2.24, 2.45) is 0 Å². The molecule has 11 heavy (non-hydrogen) atoms. The van der Waals surface area contributed by atoms with Crippen molar-refractivity contribution in [3.63, 3.8) is 0 Å². The summed E-state index contributed by atoms with van der Waals surface area (Å²) in [6, 6.07) is 0. The van der Waals surface area contributed by atoms with Crippen LogP contribution in [0.5, 0.6) is 0 Å². The molecule has 0 aliphatic rings. The van der Waals surface area contributed by atoms with Gasteiger partial charge in [-0.1, -0.05) is 0 Å². The summed E-state index contributed by atoms with van der Waals surface area (Å²) in [5, 5.41) is 0. The van der Waals surface area contributed by atoms with Crippen LogP contribution in [0.3, 0.4) is 0 Å². The van der Waals surface area contributed by atoms with Crippen molar-refractivity contribution in [1.29, 1.82) is 0 Å². The molecule has 0 spiro atoms. The fourth-order valence-corrected chi connectivity index (χ4v) is 1.08. The summed E-state index contributed by atoms with van der Waals surface area (Å²) in [5.41, 5.74) is 0. The van der Waals surface area contributed by atoms with Crippen LogP contribution in [0.25, 0.3) is 0 Å². The van der Waals surface area contributed by atoms with Crippen molar-refractivity contribution in [1.82, 2.24) is 0 Å². The van der Waals surface area contributed by atoms with Crippen LogP contribution >= 0.6 is 0 Å². The molecule has 0 heterocycles. The summed E-state index contributed by atoms with van der Waals surface area (Å²) >= 11 is 0. The molecule has 0 aromatic rings. The maximum absolute atomic E-state index is 9.71.